The van der Waals surface area contributed by atoms with Crippen LogP contribution in [-0.4, -0.2) is 15.0 Å². The van der Waals surface area contributed by atoms with E-state index in [1.54, 1.807) is 16.9 Å². The van der Waals surface area contributed by atoms with Crippen molar-refractivity contribution >= 4 is 39.1 Å². The van der Waals surface area contributed by atoms with Gasteiger partial charge in [0.1, 0.15) is 5.69 Å². The Hall–Kier alpha value is -0.580. The summed E-state index contributed by atoms with van der Waals surface area (Å²) in [5.41, 5.74) is 1.49. The largest absolute Gasteiger partial charge is 0.219 e. The van der Waals surface area contributed by atoms with Crippen LogP contribution in [0.2, 0.25) is 5.02 Å². The molecule has 0 bridgehead atoms. The summed E-state index contributed by atoms with van der Waals surface area (Å²) in [4.78, 5) is 0. The van der Waals surface area contributed by atoms with Crippen molar-refractivity contribution in [1.29, 1.82) is 0 Å². The normalized spacial score (nSPS) is 12.8. The maximum atomic E-state index is 6.08. The van der Waals surface area contributed by atoms with E-state index in [0.717, 1.165) is 15.9 Å². The molecule has 1 unspecified atom stereocenters. The average Bonchev–Trinajstić information content (AvgIpc) is 2.70. The highest BCUT2D eigenvalue weighted by Gasteiger charge is 2.10. The standard InChI is InChI=1S/C10H8BrCl2N3/c1-6(12)9-5-16(15-14-9)10-4-7(11)2-3-8(10)13/h2-6H,1H3. The number of benzene rings is 1. The lowest BCUT2D eigenvalue weighted by atomic mass is 10.3. The number of halogens is 3. The summed E-state index contributed by atoms with van der Waals surface area (Å²) in [6.45, 7) is 1.85. The van der Waals surface area contributed by atoms with Crippen LogP contribution in [0.15, 0.2) is 28.9 Å². The molecule has 6 heteroatoms. The van der Waals surface area contributed by atoms with Crippen molar-refractivity contribution < 1.29 is 0 Å². The lowest BCUT2D eigenvalue weighted by Gasteiger charge is -2.03. The first-order chi connectivity index (χ1) is 7.58. The van der Waals surface area contributed by atoms with Gasteiger partial charge in [-0.1, -0.05) is 32.7 Å². The minimum Gasteiger partial charge on any atom is -0.219 e. The van der Waals surface area contributed by atoms with Gasteiger partial charge in [0.25, 0.3) is 0 Å². The third-order valence-corrected chi connectivity index (χ3v) is 3.11. The van der Waals surface area contributed by atoms with Crippen LogP contribution in [0.3, 0.4) is 0 Å². The van der Waals surface area contributed by atoms with E-state index in [9.17, 15) is 0 Å². The monoisotopic (exact) mass is 319 g/mol. The second-order valence-corrected chi connectivity index (χ2v) is 5.28. The molecule has 1 aromatic heterocycles. The molecular formula is C10H8BrCl2N3. The van der Waals surface area contributed by atoms with Crippen molar-refractivity contribution in [3.05, 3.63) is 39.6 Å². The lowest BCUT2D eigenvalue weighted by molar-refractivity contribution is 0.796. The Labute approximate surface area is 111 Å². The number of hydrogen-bond acceptors (Lipinski definition) is 2. The Kier molecular flexibility index (Phi) is 3.52. The molecule has 0 aliphatic carbocycles. The molecule has 3 nitrogen and oxygen atoms in total. The van der Waals surface area contributed by atoms with Crippen LogP contribution in [0, 0.1) is 0 Å². The molecule has 16 heavy (non-hydrogen) atoms. The zero-order valence-electron chi connectivity index (χ0n) is 8.36. The first-order valence-electron chi connectivity index (χ1n) is 4.59. The van der Waals surface area contributed by atoms with E-state index >= 15 is 0 Å². The minimum absolute atomic E-state index is 0.167. The predicted molar refractivity (Wildman–Crippen MR) is 68.3 cm³/mol. The van der Waals surface area contributed by atoms with Gasteiger partial charge < -0.3 is 0 Å². The molecule has 0 amide bonds. The average molecular weight is 321 g/mol. The number of nitrogens with zero attached hydrogens (tertiary/aromatic N) is 3. The van der Waals surface area contributed by atoms with Crippen LogP contribution >= 0.6 is 39.1 Å². The van der Waals surface area contributed by atoms with Gasteiger partial charge in [0.15, 0.2) is 0 Å². The lowest BCUT2D eigenvalue weighted by Crippen LogP contribution is -1.95. The van der Waals surface area contributed by atoms with Crippen molar-refractivity contribution in [2.75, 3.05) is 0 Å². The summed E-state index contributed by atoms with van der Waals surface area (Å²) in [6.07, 6.45) is 1.77. The molecule has 0 fully saturated rings. The molecular weight excluding hydrogens is 313 g/mol. The Balaban J connectivity index is 2.46. The first kappa shape index (κ1) is 11.9. The maximum Gasteiger partial charge on any atom is 0.101 e. The van der Waals surface area contributed by atoms with Crippen LogP contribution in [-0.2, 0) is 0 Å². The third kappa shape index (κ3) is 2.39. The molecule has 2 rings (SSSR count). The van der Waals surface area contributed by atoms with E-state index in [2.05, 4.69) is 26.2 Å². The highest BCUT2D eigenvalue weighted by molar-refractivity contribution is 9.10. The van der Waals surface area contributed by atoms with E-state index < -0.39 is 0 Å². The molecule has 1 aromatic carbocycles. The fourth-order valence-electron chi connectivity index (χ4n) is 1.24. The van der Waals surface area contributed by atoms with Gasteiger partial charge in [0.2, 0.25) is 0 Å². The van der Waals surface area contributed by atoms with Gasteiger partial charge >= 0.3 is 0 Å². The summed E-state index contributed by atoms with van der Waals surface area (Å²) < 4.78 is 2.55. The van der Waals surface area contributed by atoms with Gasteiger partial charge in [-0.2, -0.15) is 0 Å². The Morgan fingerprint density at radius 3 is 2.81 bits per heavy atom. The van der Waals surface area contributed by atoms with Crippen molar-refractivity contribution in [2.45, 2.75) is 12.3 Å². The zero-order chi connectivity index (χ0) is 11.7. The molecule has 0 saturated heterocycles. The predicted octanol–water partition coefficient (Wildman–Crippen LogP) is 3.98. The third-order valence-electron chi connectivity index (χ3n) is 2.07. The van der Waals surface area contributed by atoms with Crippen molar-refractivity contribution in [1.82, 2.24) is 15.0 Å². The fourth-order valence-corrected chi connectivity index (χ4v) is 1.89. The highest BCUT2D eigenvalue weighted by atomic mass is 79.9. The minimum atomic E-state index is -0.167. The Bertz CT molecular complexity index is 511. The van der Waals surface area contributed by atoms with Gasteiger partial charge in [-0.05, 0) is 25.1 Å². The molecule has 0 aliphatic heterocycles. The SMILES string of the molecule is CC(Cl)c1cn(-c2cc(Br)ccc2Cl)nn1. The van der Waals surface area contributed by atoms with Gasteiger partial charge in [0, 0.05) is 4.47 Å². The van der Waals surface area contributed by atoms with E-state index in [-0.39, 0.29) is 5.38 Å². The van der Waals surface area contributed by atoms with Crippen LogP contribution in [0.1, 0.15) is 18.0 Å². The molecule has 1 heterocycles. The summed E-state index contributed by atoms with van der Waals surface area (Å²) in [5.74, 6) is 0. The smallest absolute Gasteiger partial charge is 0.101 e. The van der Waals surface area contributed by atoms with Gasteiger partial charge in [-0.15, -0.1) is 16.7 Å². The van der Waals surface area contributed by atoms with Crippen LogP contribution in [0.5, 0.6) is 0 Å². The molecule has 0 radical (unpaired) electrons. The summed E-state index contributed by atoms with van der Waals surface area (Å²) in [6, 6.07) is 5.54. The molecule has 1 atom stereocenters. The maximum absolute atomic E-state index is 6.08. The molecule has 0 spiro atoms. The highest BCUT2D eigenvalue weighted by Crippen LogP contribution is 2.25. The quantitative estimate of drug-likeness (QED) is 0.783. The van der Waals surface area contributed by atoms with Crippen molar-refractivity contribution in [3.63, 3.8) is 0 Å². The molecule has 0 saturated carbocycles. The summed E-state index contributed by atoms with van der Waals surface area (Å²) in [5, 5.41) is 8.40. The Morgan fingerprint density at radius 1 is 1.44 bits per heavy atom. The number of hydrogen-bond donors (Lipinski definition) is 0. The second kappa shape index (κ2) is 4.73. The fraction of sp³-hybridized carbons (Fsp3) is 0.200. The van der Waals surface area contributed by atoms with Gasteiger partial charge in [-0.25, -0.2) is 4.68 Å². The summed E-state index contributed by atoms with van der Waals surface area (Å²) >= 11 is 15.4. The van der Waals surface area contributed by atoms with E-state index in [0.29, 0.717) is 5.02 Å². The van der Waals surface area contributed by atoms with E-state index in [1.807, 2.05) is 19.1 Å². The molecule has 2 aromatic rings. The van der Waals surface area contributed by atoms with Crippen molar-refractivity contribution in [3.8, 4) is 5.69 Å². The number of alkyl halides is 1. The first-order valence-corrected chi connectivity index (χ1v) is 6.20. The van der Waals surface area contributed by atoms with E-state index in [1.165, 1.54) is 0 Å². The van der Waals surface area contributed by atoms with Gasteiger partial charge in [-0.3, -0.25) is 0 Å². The van der Waals surface area contributed by atoms with Crippen LogP contribution in [0.4, 0.5) is 0 Å². The Morgan fingerprint density at radius 2 is 2.19 bits per heavy atom. The van der Waals surface area contributed by atoms with Crippen molar-refractivity contribution in [2.24, 2.45) is 0 Å². The molecule has 0 aliphatic rings. The topological polar surface area (TPSA) is 30.7 Å². The van der Waals surface area contributed by atoms with Gasteiger partial charge in [0.05, 0.1) is 22.3 Å². The second-order valence-electron chi connectivity index (χ2n) is 3.30. The zero-order valence-corrected chi connectivity index (χ0v) is 11.5. The van der Waals surface area contributed by atoms with E-state index in [4.69, 9.17) is 23.2 Å². The van der Waals surface area contributed by atoms with Crippen LogP contribution < -0.4 is 0 Å². The molecule has 84 valence electrons. The number of aromatic nitrogens is 3. The van der Waals surface area contributed by atoms with Crippen LogP contribution in [0.25, 0.3) is 5.69 Å². The number of rotatable bonds is 2. The molecule has 0 N–H and O–H groups in total. The summed E-state index contributed by atoms with van der Waals surface area (Å²) in [7, 11) is 0.